The molecule has 1 heterocycles. The molecule has 110 valence electrons. The van der Waals surface area contributed by atoms with Crippen LogP contribution in [0, 0.1) is 5.92 Å². The molecular weight excluding hydrogens is 244 g/mol. The van der Waals surface area contributed by atoms with Crippen molar-refractivity contribution >= 4 is 0 Å². The van der Waals surface area contributed by atoms with E-state index in [0.29, 0.717) is 5.54 Å². The topological polar surface area (TPSA) is 15.3 Å². The first-order valence-electron chi connectivity index (χ1n) is 8.14. The minimum absolute atomic E-state index is 0.0881. The van der Waals surface area contributed by atoms with Gasteiger partial charge in [0, 0.05) is 18.6 Å². The van der Waals surface area contributed by atoms with Crippen LogP contribution >= 0.6 is 0 Å². The lowest BCUT2D eigenvalue weighted by Crippen LogP contribution is -2.67. The van der Waals surface area contributed by atoms with Crippen molar-refractivity contribution in [3.05, 3.63) is 35.9 Å². The third kappa shape index (κ3) is 2.40. The molecule has 2 nitrogen and oxygen atoms in total. The summed E-state index contributed by atoms with van der Waals surface area (Å²) in [5, 5.41) is 3.87. The Bertz CT molecular complexity index is 454. The van der Waals surface area contributed by atoms with Crippen LogP contribution in [0.2, 0.25) is 0 Å². The van der Waals surface area contributed by atoms with Gasteiger partial charge in [-0.1, -0.05) is 37.3 Å². The number of piperazine rings is 1. The van der Waals surface area contributed by atoms with E-state index in [9.17, 15) is 0 Å². The predicted octanol–water partition coefficient (Wildman–Crippen LogP) is 3.39. The van der Waals surface area contributed by atoms with Crippen molar-refractivity contribution in [3.63, 3.8) is 0 Å². The van der Waals surface area contributed by atoms with E-state index in [1.54, 1.807) is 0 Å². The Balaban J connectivity index is 1.84. The summed E-state index contributed by atoms with van der Waals surface area (Å²) in [6, 6.07) is 10.9. The molecule has 1 aromatic carbocycles. The van der Waals surface area contributed by atoms with Gasteiger partial charge >= 0.3 is 0 Å². The summed E-state index contributed by atoms with van der Waals surface area (Å²) in [5.74, 6) is 0.905. The summed E-state index contributed by atoms with van der Waals surface area (Å²) in [6.45, 7) is 10.6. The van der Waals surface area contributed by atoms with Gasteiger partial charge in [-0.25, -0.2) is 0 Å². The fourth-order valence-corrected chi connectivity index (χ4v) is 3.82. The number of nitrogens with one attached hydrogen (secondary N) is 1. The van der Waals surface area contributed by atoms with E-state index >= 15 is 0 Å². The predicted molar refractivity (Wildman–Crippen MR) is 84.8 cm³/mol. The van der Waals surface area contributed by atoms with Gasteiger partial charge in [-0.15, -0.1) is 0 Å². The fraction of sp³-hybridized carbons (Fsp3) is 0.667. The Hall–Kier alpha value is -0.860. The van der Waals surface area contributed by atoms with Gasteiger partial charge in [-0.05, 0) is 51.1 Å². The highest BCUT2D eigenvalue weighted by molar-refractivity contribution is 5.26. The molecule has 1 aromatic rings. The van der Waals surface area contributed by atoms with Gasteiger partial charge in [0.1, 0.15) is 0 Å². The average molecular weight is 272 g/mol. The number of nitrogens with zero attached hydrogens (tertiary/aromatic N) is 1. The van der Waals surface area contributed by atoms with Crippen molar-refractivity contribution in [2.45, 2.75) is 51.1 Å². The van der Waals surface area contributed by atoms with E-state index in [-0.39, 0.29) is 5.54 Å². The number of benzene rings is 1. The zero-order valence-electron chi connectivity index (χ0n) is 13.2. The highest BCUT2D eigenvalue weighted by Crippen LogP contribution is 2.45. The Morgan fingerprint density at radius 3 is 2.50 bits per heavy atom. The fourth-order valence-electron chi connectivity index (χ4n) is 3.82. The molecule has 0 bridgehead atoms. The largest absolute Gasteiger partial charge is 0.305 e. The standard InChI is InChI=1S/C18H28N2/c1-4-12-20-14-17(2,15-8-6-5-7-9-15)19-13-18(20,3)16-10-11-16/h5-9,16,19H,4,10-14H2,1-3H3. The number of hydrogen-bond donors (Lipinski definition) is 1. The van der Waals surface area contributed by atoms with Crippen molar-refractivity contribution in [1.82, 2.24) is 10.2 Å². The molecule has 2 fully saturated rings. The first-order valence-corrected chi connectivity index (χ1v) is 8.14. The summed E-state index contributed by atoms with van der Waals surface area (Å²) in [4.78, 5) is 2.76. The van der Waals surface area contributed by atoms with Crippen molar-refractivity contribution < 1.29 is 0 Å². The van der Waals surface area contributed by atoms with Crippen LogP contribution in [0.3, 0.4) is 0 Å². The monoisotopic (exact) mass is 272 g/mol. The second-order valence-corrected chi connectivity index (χ2v) is 7.10. The van der Waals surface area contributed by atoms with Crippen LogP contribution in [0.1, 0.15) is 45.6 Å². The molecule has 1 aliphatic heterocycles. The lowest BCUT2D eigenvalue weighted by atomic mass is 9.82. The van der Waals surface area contributed by atoms with Crippen molar-refractivity contribution in [1.29, 1.82) is 0 Å². The smallest absolute Gasteiger partial charge is 0.0535 e. The van der Waals surface area contributed by atoms with E-state index < -0.39 is 0 Å². The van der Waals surface area contributed by atoms with E-state index in [4.69, 9.17) is 0 Å². The molecular formula is C18H28N2. The third-order valence-electron chi connectivity index (χ3n) is 5.43. The first kappa shape index (κ1) is 14.1. The second-order valence-electron chi connectivity index (χ2n) is 7.10. The molecule has 20 heavy (non-hydrogen) atoms. The van der Waals surface area contributed by atoms with E-state index in [1.807, 2.05) is 0 Å². The molecule has 3 rings (SSSR count). The zero-order chi connectivity index (χ0) is 14.2. The van der Waals surface area contributed by atoms with Crippen LogP contribution < -0.4 is 5.32 Å². The van der Waals surface area contributed by atoms with Gasteiger partial charge in [0.25, 0.3) is 0 Å². The third-order valence-corrected chi connectivity index (χ3v) is 5.43. The van der Waals surface area contributed by atoms with Gasteiger partial charge in [-0.3, -0.25) is 4.90 Å². The highest BCUT2D eigenvalue weighted by Gasteiger charge is 2.50. The molecule has 2 aliphatic rings. The van der Waals surface area contributed by atoms with Gasteiger partial charge in [0.15, 0.2) is 0 Å². The van der Waals surface area contributed by atoms with Crippen molar-refractivity contribution in [3.8, 4) is 0 Å². The van der Waals surface area contributed by atoms with Crippen LogP contribution in [-0.4, -0.2) is 30.1 Å². The molecule has 1 aliphatic carbocycles. The molecule has 0 radical (unpaired) electrons. The van der Waals surface area contributed by atoms with Crippen molar-refractivity contribution in [2.24, 2.45) is 5.92 Å². The average Bonchev–Trinajstić information content (AvgIpc) is 3.30. The minimum atomic E-state index is 0.0881. The summed E-state index contributed by atoms with van der Waals surface area (Å²) in [7, 11) is 0. The van der Waals surface area contributed by atoms with Gasteiger partial charge in [0.05, 0.1) is 5.54 Å². The van der Waals surface area contributed by atoms with Gasteiger partial charge in [-0.2, -0.15) is 0 Å². The van der Waals surface area contributed by atoms with Gasteiger partial charge in [0.2, 0.25) is 0 Å². The van der Waals surface area contributed by atoms with Crippen LogP contribution in [0.15, 0.2) is 30.3 Å². The van der Waals surface area contributed by atoms with E-state index in [1.165, 1.54) is 31.4 Å². The summed E-state index contributed by atoms with van der Waals surface area (Å²) >= 11 is 0. The molecule has 0 amide bonds. The van der Waals surface area contributed by atoms with Crippen LogP contribution in [0.4, 0.5) is 0 Å². The van der Waals surface area contributed by atoms with Crippen LogP contribution in [-0.2, 0) is 5.54 Å². The Kier molecular flexibility index (Phi) is 3.64. The van der Waals surface area contributed by atoms with Crippen molar-refractivity contribution in [2.75, 3.05) is 19.6 Å². The summed E-state index contributed by atoms with van der Waals surface area (Å²) in [6.07, 6.45) is 4.08. The normalized spacial score (nSPS) is 35.1. The second kappa shape index (κ2) is 5.16. The quantitative estimate of drug-likeness (QED) is 0.904. The minimum Gasteiger partial charge on any atom is -0.305 e. The number of rotatable bonds is 4. The molecule has 1 saturated carbocycles. The molecule has 2 heteroatoms. The maximum atomic E-state index is 3.87. The van der Waals surface area contributed by atoms with Crippen LogP contribution in [0.25, 0.3) is 0 Å². The Labute approximate surface area is 123 Å². The lowest BCUT2D eigenvalue weighted by molar-refractivity contribution is 0.00501. The van der Waals surface area contributed by atoms with Gasteiger partial charge < -0.3 is 5.32 Å². The maximum Gasteiger partial charge on any atom is 0.0535 e. The molecule has 0 spiro atoms. The van der Waals surface area contributed by atoms with E-state index in [2.05, 4.69) is 61.3 Å². The molecule has 2 unspecified atom stereocenters. The lowest BCUT2D eigenvalue weighted by Gasteiger charge is -2.53. The van der Waals surface area contributed by atoms with Crippen LogP contribution in [0.5, 0.6) is 0 Å². The maximum absolute atomic E-state index is 3.87. The number of hydrogen-bond acceptors (Lipinski definition) is 2. The molecule has 2 atom stereocenters. The molecule has 1 N–H and O–H groups in total. The highest BCUT2D eigenvalue weighted by atomic mass is 15.3. The Morgan fingerprint density at radius 1 is 1.20 bits per heavy atom. The van der Waals surface area contributed by atoms with E-state index in [0.717, 1.165) is 19.0 Å². The summed E-state index contributed by atoms with van der Waals surface area (Å²) < 4.78 is 0. The Morgan fingerprint density at radius 2 is 1.90 bits per heavy atom. The summed E-state index contributed by atoms with van der Waals surface area (Å²) in [5.41, 5.74) is 1.87. The molecule has 1 saturated heterocycles. The molecule has 0 aromatic heterocycles. The SMILES string of the molecule is CCCN1CC(C)(c2ccccc2)NCC1(C)C1CC1. The first-order chi connectivity index (χ1) is 9.58. The zero-order valence-corrected chi connectivity index (χ0v) is 13.2.